The molecule has 1 aromatic heterocycles. The molecule has 1 heteroatoms. The lowest BCUT2D eigenvalue weighted by molar-refractivity contribution is 0.723. The van der Waals surface area contributed by atoms with E-state index >= 15 is 0 Å². The molecule has 0 aliphatic heterocycles. The molecule has 2 rings (SSSR count). The number of hydrogen-bond donors (Lipinski definition) is 0. The van der Waals surface area contributed by atoms with Crippen LogP contribution < -0.4 is 0 Å². The molecule has 1 fully saturated rings. The van der Waals surface area contributed by atoms with Crippen molar-refractivity contribution in [2.24, 2.45) is 0 Å². The van der Waals surface area contributed by atoms with Gasteiger partial charge < -0.3 is 4.57 Å². The average Bonchev–Trinajstić information content (AvgIpc) is 2.58. The van der Waals surface area contributed by atoms with Crippen molar-refractivity contribution in [3.63, 3.8) is 0 Å². The van der Waals surface area contributed by atoms with Crippen LogP contribution in [0.2, 0.25) is 0 Å². The Morgan fingerprint density at radius 3 is 2.78 bits per heavy atom. The standard InChI is InChI=1S/C8H11N/c1-7-3-2-6-9(7)8-4-5-8/h2-3,6,8H,4-5H2,1H3. The molecule has 0 spiro atoms. The van der Waals surface area contributed by atoms with E-state index in [-0.39, 0.29) is 0 Å². The highest BCUT2D eigenvalue weighted by Crippen LogP contribution is 2.35. The van der Waals surface area contributed by atoms with Gasteiger partial charge in [0.15, 0.2) is 0 Å². The van der Waals surface area contributed by atoms with Crippen molar-refractivity contribution in [2.45, 2.75) is 25.8 Å². The topological polar surface area (TPSA) is 4.93 Å². The van der Waals surface area contributed by atoms with Gasteiger partial charge in [-0.3, -0.25) is 0 Å². The normalized spacial score (nSPS) is 18.3. The smallest absolute Gasteiger partial charge is 0.0334 e. The highest BCUT2D eigenvalue weighted by Gasteiger charge is 2.23. The van der Waals surface area contributed by atoms with Crippen LogP contribution in [0.25, 0.3) is 0 Å². The SMILES string of the molecule is Cc1cccn1C1CC1. The maximum atomic E-state index is 2.36. The second kappa shape index (κ2) is 1.63. The Hall–Kier alpha value is -0.720. The van der Waals surface area contributed by atoms with Gasteiger partial charge in [0.25, 0.3) is 0 Å². The minimum absolute atomic E-state index is 0.847. The van der Waals surface area contributed by atoms with Crippen LogP contribution in [0.15, 0.2) is 18.3 Å². The molecule has 1 aliphatic carbocycles. The molecular weight excluding hydrogens is 110 g/mol. The van der Waals surface area contributed by atoms with Crippen LogP contribution in [-0.2, 0) is 0 Å². The molecule has 0 radical (unpaired) electrons. The first-order chi connectivity index (χ1) is 4.38. The molecular formula is C8H11N. The number of hydrogen-bond acceptors (Lipinski definition) is 0. The van der Waals surface area contributed by atoms with E-state index in [2.05, 4.69) is 29.8 Å². The molecule has 1 aromatic rings. The molecule has 0 N–H and O–H groups in total. The van der Waals surface area contributed by atoms with Crippen molar-refractivity contribution in [2.75, 3.05) is 0 Å². The van der Waals surface area contributed by atoms with Crippen LogP contribution in [0.1, 0.15) is 24.6 Å². The van der Waals surface area contributed by atoms with Crippen molar-refractivity contribution in [1.82, 2.24) is 4.57 Å². The van der Waals surface area contributed by atoms with Crippen molar-refractivity contribution in [3.8, 4) is 0 Å². The quantitative estimate of drug-likeness (QED) is 0.536. The summed E-state index contributed by atoms with van der Waals surface area (Å²) in [5, 5.41) is 0. The van der Waals surface area contributed by atoms with Gasteiger partial charge in [0.1, 0.15) is 0 Å². The Morgan fingerprint density at radius 1 is 1.56 bits per heavy atom. The summed E-state index contributed by atoms with van der Waals surface area (Å²) in [6.07, 6.45) is 4.94. The monoisotopic (exact) mass is 121 g/mol. The molecule has 9 heavy (non-hydrogen) atoms. The Kier molecular flexibility index (Phi) is 0.922. The zero-order valence-corrected chi connectivity index (χ0v) is 5.67. The summed E-state index contributed by atoms with van der Waals surface area (Å²) in [7, 11) is 0. The largest absolute Gasteiger partial charge is 0.349 e. The first-order valence-electron chi connectivity index (χ1n) is 3.51. The molecule has 0 bridgehead atoms. The van der Waals surface area contributed by atoms with E-state index in [1.807, 2.05) is 0 Å². The van der Waals surface area contributed by atoms with Crippen molar-refractivity contribution < 1.29 is 0 Å². The fourth-order valence-electron chi connectivity index (χ4n) is 1.24. The van der Waals surface area contributed by atoms with Gasteiger partial charge in [0.2, 0.25) is 0 Å². The third-order valence-corrected chi connectivity index (χ3v) is 1.93. The third-order valence-electron chi connectivity index (χ3n) is 1.93. The summed E-state index contributed by atoms with van der Waals surface area (Å²) in [5.41, 5.74) is 1.40. The fraction of sp³-hybridized carbons (Fsp3) is 0.500. The summed E-state index contributed by atoms with van der Waals surface area (Å²) >= 11 is 0. The van der Waals surface area contributed by atoms with Crippen LogP contribution in [0.4, 0.5) is 0 Å². The first kappa shape index (κ1) is 5.10. The zero-order valence-electron chi connectivity index (χ0n) is 5.67. The predicted octanol–water partition coefficient (Wildman–Crippen LogP) is 2.13. The summed E-state index contributed by atoms with van der Waals surface area (Å²) in [5.74, 6) is 0. The van der Waals surface area contributed by atoms with E-state index in [9.17, 15) is 0 Å². The molecule has 1 saturated carbocycles. The highest BCUT2D eigenvalue weighted by molar-refractivity contribution is 5.08. The summed E-state index contributed by atoms with van der Waals surface area (Å²) in [6, 6.07) is 5.13. The fourth-order valence-corrected chi connectivity index (χ4v) is 1.24. The van der Waals surface area contributed by atoms with Gasteiger partial charge in [-0.25, -0.2) is 0 Å². The first-order valence-corrected chi connectivity index (χ1v) is 3.51. The summed E-state index contributed by atoms with van der Waals surface area (Å²) in [4.78, 5) is 0. The van der Waals surface area contributed by atoms with E-state index in [4.69, 9.17) is 0 Å². The van der Waals surface area contributed by atoms with Crippen molar-refractivity contribution >= 4 is 0 Å². The number of aromatic nitrogens is 1. The molecule has 0 amide bonds. The molecule has 0 atom stereocenters. The second-order valence-corrected chi connectivity index (χ2v) is 2.79. The van der Waals surface area contributed by atoms with E-state index in [0.29, 0.717) is 0 Å². The van der Waals surface area contributed by atoms with Gasteiger partial charge in [-0.1, -0.05) is 0 Å². The molecule has 1 aliphatic rings. The van der Waals surface area contributed by atoms with Crippen molar-refractivity contribution in [1.29, 1.82) is 0 Å². The minimum Gasteiger partial charge on any atom is -0.349 e. The van der Waals surface area contributed by atoms with Gasteiger partial charge in [-0.2, -0.15) is 0 Å². The number of nitrogens with zero attached hydrogens (tertiary/aromatic N) is 1. The van der Waals surface area contributed by atoms with Crippen LogP contribution in [0, 0.1) is 6.92 Å². The number of aryl methyl sites for hydroxylation is 1. The minimum atomic E-state index is 0.847. The van der Waals surface area contributed by atoms with E-state index in [0.717, 1.165) is 6.04 Å². The van der Waals surface area contributed by atoms with E-state index in [1.54, 1.807) is 0 Å². The van der Waals surface area contributed by atoms with Gasteiger partial charge >= 0.3 is 0 Å². The van der Waals surface area contributed by atoms with Gasteiger partial charge in [0.05, 0.1) is 0 Å². The molecule has 0 unspecified atom stereocenters. The number of rotatable bonds is 1. The third kappa shape index (κ3) is 0.766. The lowest BCUT2D eigenvalue weighted by Crippen LogP contribution is -1.92. The molecule has 1 heterocycles. The lowest BCUT2D eigenvalue weighted by atomic mass is 10.5. The Morgan fingerprint density at radius 2 is 2.33 bits per heavy atom. The zero-order chi connectivity index (χ0) is 6.27. The van der Waals surface area contributed by atoms with Crippen LogP contribution in [0.5, 0.6) is 0 Å². The van der Waals surface area contributed by atoms with Gasteiger partial charge in [-0.15, -0.1) is 0 Å². The average molecular weight is 121 g/mol. The second-order valence-electron chi connectivity index (χ2n) is 2.79. The summed E-state index contributed by atoms with van der Waals surface area (Å²) in [6.45, 7) is 2.16. The van der Waals surface area contributed by atoms with Crippen LogP contribution in [-0.4, -0.2) is 4.57 Å². The van der Waals surface area contributed by atoms with E-state index in [1.165, 1.54) is 18.5 Å². The molecule has 0 aromatic carbocycles. The maximum Gasteiger partial charge on any atom is 0.0334 e. The van der Waals surface area contributed by atoms with Crippen molar-refractivity contribution in [3.05, 3.63) is 24.0 Å². The van der Waals surface area contributed by atoms with Gasteiger partial charge in [-0.05, 0) is 31.9 Å². The lowest BCUT2D eigenvalue weighted by Gasteiger charge is -2.00. The Labute approximate surface area is 55.3 Å². The Bertz CT molecular complexity index is 208. The highest BCUT2D eigenvalue weighted by atomic mass is 15.0. The predicted molar refractivity (Wildman–Crippen MR) is 37.4 cm³/mol. The van der Waals surface area contributed by atoms with E-state index < -0.39 is 0 Å². The molecule has 1 nitrogen and oxygen atoms in total. The molecule has 48 valence electrons. The van der Waals surface area contributed by atoms with Gasteiger partial charge in [0, 0.05) is 17.9 Å². The molecule has 0 saturated heterocycles. The summed E-state index contributed by atoms with van der Waals surface area (Å²) < 4.78 is 2.36. The Balaban J connectivity index is 2.35. The van der Waals surface area contributed by atoms with Crippen LogP contribution >= 0.6 is 0 Å². The maximum absolute atomic E-state index is 2.36. The van der Waals surface area contributed by atoms with Crippen LogP contribution in [0.3, 0.4) is 0 Å².